The van der Waals surface area contributed by atoms with Crippen molar-refractivity contribution in [2.45, 2.75) is 13.3 Å². The van der Waals surface area contributed by atoms with Crippen LogP contribution in [0.2, 0.25) is 0 Å². The van der Waals surface area contributed by atoms with Crippen molar-refractivity contribution in [2.24, 2.45) is 0 Å². The van der Waals surface area contributed by atoms with Crippen LogP contribution in [0.3, 0.4) is 0 Å². The van der Waals surface area contributed by atoms with Crippen LogP contribution in [0.1, 0.15) is 11.3 Å². The molecule has 0 amide bonds. The fourth-order valence-electron chi connectivity index (χ4n) is 1.57. The van der Waals surface area contributed by atoms with Crippen LogP contribution in [0.25, 0.3) is 5.65 Å². The van der Waals surface area contributed by atoms with Crippen molar-refractivity contribution < 1.29 is 0 Å². The van der Waals surface area contributed by atoms with E-state index < -0.39 is 0 Å². The predicted octanol–water partition coefficient (Wildman–Crippen LogP) is 2.17. The molecule has 0 aromatic carbocycles. The first-order chi connectivity index (χ1) is 7.22. The summed E-state index contributed by atoms with van der Waals surface area (Å²) in [5.74, 6) is 0. The summed E-state index contributed by atoms with van der Waals surface area (Å²) in [6.45, 7) is 3.03. The Morgan fingerprint density at radius 2 is 2.33 bits per heavy atom. The molecule has 2 aromatic rings. The Balaban J connectivity index is 2.44. The normalized spacial score (nSPS) is 11.1. The van der Waals surface area contributed by atoms with Crippen LogP contribution in [0.4, 0.5) is 0 Å². The van der Waals surface area contributed by atoms with Crippen molar-refractivity contribution in [3.05, 3.63) is 34.2 Å². The van der Waals surface area contributed by atoms with Crippen molar-refractivity contribution >= 4 is 21.6 Å². The van der Waals surface area contributed by atoms with Gasteiger partial charge in [0.05, 0.1) is 5.69 Å². The standard InChI is InChI=1S/C11H14BrN3/c1-8-4-6-15-10(7-8)14-9(11(15)12)3-5-13-2/h4,6-7,13H,3,5H2,1-2H3. The van der Waals surface area contributed by atoms with Gasteiger partial charge in [0.1, 0.15) is 10.3 Å². The number of aryl methyl sites for hydroxylation is 1. The molecule has 3 nitrogen and oxygen atoms in total. The number of nitrogens with zero attached hydrogens (tertiary/aromatic N) is 2. The molecule has 0 unspecified atom stereocenters. The van der Waals surface area contributed by atoms with Crippen molar-refractivity contribution in [1.29, 1.82) is 0 Å². The number of halogens is 1. The van der Waals surface area contributed by atoms with Gasteiger partial charge in [0.15, 0.2) is 0 Å². The lowest BCUT2D eigenvalue weighted by molar-refractivity contribution is 0.777. The number of imidazole rings is 1. The van der Waals surface area contributed by atoms with Crippen molar-refractivity contribution in [3.63, 3.8) is 0 Å². The molecule has 0 aliphatic carbocycles. The Kier molecular flexibility index (Phi) is 3.07. The summed E-state index contributed by atoms with van der Waals surface area (Å²) in [6.07, 6.45) is 2.99. The molecular formula is C11H14BrN3. The SMILES string of the molecule is CNCCc1nc2cc(C)ccn2c1Br. The maximum absolute atomic E-state index is 4.59. The third kappa shape index (κ3) is 2.06. The second-order valence-electron chi connectivity index (χ2n) is 3.64. The van der Waals surface area contributed by atoms with Crippen LogP contribution < -0.4 is 5.32 Å². The van der Waals surface area contributed by atoms with Gasteiger partial charge in [-0.1, -0.05) is 0 Å². The Morgan fingerprint density at radius 1 is 1.53 bits per heavy atom. The molecule has 80 valence electrons. The minimum Gasteiger partial charge on any atom is -0.319 e. The summed E-state index contributed by atoms with van der Waals surface area (Å²) in [5, 5.41) is 3.13. The minimum absolute atomic E-state index is 0.942. The summed E-state index contributed by atoms with van der Waals surface area (Å²) in [7, 11) is 1.95. The van der Waals surface area contributed by atoms with E-state index in [0.29, 0.717) is 0 Å². The van der Waals surface area contributed by atoms with Crippen molar-refractivity contribution in [3.8, 4) is 0 Å². The third-order valence-electron chi connectivity index (χ3n) is 2.40. The first kappa shape index (κ1) is 10.6. The summed E-state index contributed by atoms with van der Waals surface area (Å²) >= 11 is 3.58. The second-order valence-corrected chi connectivity index (χ2v) is 4.39. The first-order valence-electron chi connectivity index (χ1n) is 5.00. The van der Waals surface area contributed by atoms with Gasteiger partial charge in [-0.3, -0.25) is 4.40 Å². The number of pyridine rings is 1. The molecule has 0 aliphatic rings. The third-order valence-corrected chi connectivity index (χ3v) is 3.24. The van der Waals surface area contributed by atoms with E-state index in [0.717, 1.165) is 28.9 Å². The summed E-state index contributed by atoms with van der Waals surface area (Å²) < 4.78 is 3.13. The Hall–Kier alpha value is -0.870. The lowest BCUT2D eigenvalue weighted by Gasteiger charge is -1.97. The summed E-state index contributed by atoms with van der Waals surface area (Å²) in [6, 6.07) is 4.18. The fourth-order valence-corrected chi connectivity index (χ4v) is 2.15. The van der Waals surface area contributed by atoms with Gasteiger partial charge in [0.25, 0.3) is 0 Å². The zero-order valence-corrected chi connectivity index (χ0v) is 10.5. The topological polar surface area (TPSA) is 29.3 Å². The highest BCUT2D eigenvalue weighted by atomic mass is 79.9. The van der Waals surface area contributed by atoms with Gasteiger partial charge < -0.3 is 5.32 Å². The van der Waals surface area contributed by atoms with E-state index in [1.807, 2.05) is 13.2 Å². The molecule has 15 heavy (non-hydrogen) atoms. The molecule has 0 bridgehead atoms. The van der Waals surface area contributed by atoms with E-state index in [4.69, 9.17) is 0 Å². The van der Waals surface area contributed by atoms with E-state index in [1.54, 1.807) is 0 Å². The quantitative estimate of drug-likeness (QED) is 0.924. The molecule has 0 saturated carbocycles. The number of hydrogen-bond donors (Lipinski definition) is 1. The molecule has 1 N–H and O–H groups in total. The maximum atomic E-state index is 4.59. The molecule has 0 spiro atoms. The van der Waals surface area contributed by atoms with Crippen molar-refractivity contribution in [2.75, 3.05) is 13.6 Å². The molecular weight excluding hydrogens is 254 g/mol. The van der Waals surface area contributed by atoms with Crippen LogP contribution in [0, 0.1) is 6.92 Å². The highest BCUT2D eigenvalue weighted by Gasteiger charge is 2.08. The summed E-state index contributed by atoms with van der Waals surface area (Å²) in [4.78, 5) is 4.59. The predicted molar refractivity (Wildman–Crippen MR) is 65.3 cm³/mol. The van der Waals surface area contributed by atoms with Crippen LogP contribution >= 0.6 is 15.9 Å². The lowest BCUT2D eigenvalue weighted by Crippen LogP contribution is -2.10. The Labute approximate surface area is 97.6 Å². The molecule has 4 heteroatoms. The molecule has 0 atom stereocenters. The van der Waals surface area contributed by atoms with E-state index >= 15 is 0 Å². The number of likely N-dealkylation sites (N-methyl/N-ethyl adjacent to an activating group) is 1. The molecule has 0 aliphatic heterocycles. The fraction of sp³-hybridized carbons (Fsp3) is 0.364. The first-order valence-corrected chi connectivity index (χ1v) is 5.79. The summed E-state index contributed by atoms with van der Waals surface area (Å²) in [5.41, 5.74) is 3.35. The monoisotopic (exact) mass is 267 g/mol. The van der Waals surface area contributed by atoms with Gasteiger partial charge in [-0.25, -0.2) is 4.98 Å². The number of rotatable bonds is 3. The van der Waals surface area contributed by atoms with Gasteiger partial charge in [-0.2, -0.15) is 0 Å². The number of hydrogen-bond acceptors (Lipinski definition) is 2. The van der Waals surface area contributed by atoms with Gasteiger partial charge in [0.2, 0.25) is 0 Å². The highest BCUT2D eigenvalue weighted by molar-refractivity contribution is 9.10. The zero-order chi connectivity index (χ0) is 10.8. The van der Waals surface area contributed by atoms with Gasteiger partial charge >= 0.3 is 0 Å². The molecule has 0 radical (unpaired) electrons. The average Bonchev–Trinajstić information content (AvgIpc) is 2.52. The number of aromatic nitrogens is 2. The highest BCUT2D eigenvalue weighted by Crippen LogP contribution is 2.19. The Morgan fingerprint density at radius 3 is 3.07 bits per heavy atom. The van der Waals surface area contributed by atoms with E-state index in [9.17, 15) is 0 Å². The smallest absolute Gasteiger partial charge is 0.138 e. The van der Waals surface area contributed by atoms with E-state index in [2.05, 4.69) is 49.7 Å². The molecule has 0 fully saturated rings. The molecule has 2 aromatic heterocycles. The van der Waals surface area contributed by atoms with Crippen LogP contribution in [0.5, 0.6) is 0 Å². The number of fused-ring (bicyclic) bond motifs is 1. The van der Waals surface area contributed by atoms with Crippen LogP contribution in [0.15, 0.2) is 22.9 Å². The van der Waals surface area contributed by atoms with Gasteiger partial charge in [0, 0.05) is 19.2 Å². The van der Waals surface area contributed by atoms with E-state index in [1.165, 1.54) is 5.56 Å². The maximum Gasteiger partial charge on any atom is 0.138 e. The molecule has 2 rings (SSSR count). The lowest BCUT2D eigenvalue weighted by atomic mass is 10.3. The Bertz CT molecular complexity index is 476. The molecule has 2 heterocycles. The minimum atomic E-state index is 0.942. The second kappa shape index (κ2) is 4.33. The van der Waals surface area contributed by atoms with E-state index in [-0.39, 0.29) is 0 Å². The van der Waals surface area contributed by atoms with Gasteiger partial charge in [-0.15, -0.1) is 0 Å². The largest absolute Gasteiger partial charge is 0.319 e. The van der Waals surface area contributed by atoms with Gasteiger partial charge in [-0.05, 0) is 47.6 Å². The van der Waals surface area contributed by atoms with Crippen LogP contribution in [-0.2, 0) is 6.42 Å². The molecule has 0 saturated heterocycles. The zero-order valence-electron chi connectivity index (χ0n) is 8.92. The van der Waals surface area contributed by atoms with Crippen molar-refractivity contribution in [1.82, 2.24) is 14.7 Å². The number of nitrogens with one attached hydrogen (secondary N) is 1. The van der Waals surface area contributed by atoms with Crippen LogP contribution in [-0.4, -0.2) is 23.0 Å². The average molecular weight is 268 g/mol.